The van der Waals surface area contributed by atoms with Crippen LogP contribution in [0.2, 0.25) is 0 Å². The van der Waals surface area contributed by atoms with Crippen molar-refractivity contribution in [1.82, 2.24) is 9.88 Å². The number of carbonyl (C=O) groups is 1. The van der Waals surface area contributed by atoms with Crippen molar-refractivity contribution in [2.75, 3.05) is 39.6 Å². The van der Waals surface area contributed by atoms with Gasteiger partial charge in [-0.25, -0.2) is 4.98 Å². The van der Waals surface area contributed by atoms with Crippen molar-refractivity contribution in [2.24, 2.45) is 0 Å². The molecule has 8 heteroatoms. The summed E-state index contributed by atoms with van der Waals surface area (Å²) < 4.78 is 16.4. The number of hydrogen-bond acceptors (Lipinski definition) is 6. The highest BCUT2D eigenvalue weighted by atomic mass is 32.1. The summed E-state index contributed by atoms with van der Waals surface area (Å²) in [5.41, 5.74) is 2.16. The Bertz CT molecular complexity index is 857. The quantitative estimate of drug-likeness (QED) is 0.825. The number of carbonyl (C=O) groups excluding carboxylic acids is 1. The molecule has 1 aromatic carbocycles. The molecule has 0 spiro atoms. The average Bonchev–Trinajstić information content (AvgIpc) is 3.48. The van der Waals surface area contributed by atoms with E-state index in [1.165, 1.54) is 4.90 Å². The summed E-state index contributed by atoms with van der Waals surface area (Å²) in [7, 11) is 0. The fourth-order valence-electron chi connectivity index (χ4n) is 4.00. The Morgan fingerprint density at radius 3 is 2.93 bits per heavy atom. The van der Waals surface area contributed by atoms with E-state index in [9.17, 15) is 4.79 Å². The van der Waals surface area contributed by atoms with E-state index in [2.05, 4.69) is 5.38 Å². The molecule has 1 amide bonds. The van der Waals surface area contributed by atoms with Crippen molar-refractivity contribution < 1.29 is 23.9 Å². The molecular weight excluding hydrogens is 378 g/mol. The van der Waals surface area contributed by atoms with Crippen LogP contribution in [0.3, 0.4) is 0 Å². The maximum atomic E-state index is 12.5. The van der Waals surface area contributed by atoms with Gasteiger partial charge in [-0.1, -0.05) is 0 Å². The minimum absolute atomic E-state index is 0.176. The second kappa shape index (κ2) is 7.69. The molecule has 2 saturated heterocycles. The van der Waals surface area contributed by atoms with Gasteiger partial charge in [-0.05, 0) is 31.0 Å². The smallest absolute Gasteiger partial charge is 0.252 e. The van der Waals surface area contributed by atoms with E-state index in [4.69, 9.17) is 19.2 Å². The third-order valence-electron chi connectivity index (χ3n) is 5.59. The number of nitrogens with zero attached hydrogens (tertiary/aromatic N) is 2. The number of aromatic nitrogens is 1. The monoisotopic (exact) mass is 402 g/mol. The molecule has 1 atom stereocenters. The molecule has 28 heavy (non-hydrogen) atoms. The molecule has 148 valence electrons. The van der Waals surface area contributed by atoms with Crippen LogP contribution in [-0.2, 0) is 16.1 Å². The van der Waals surface area contributed by atoms with Gasteiger partial charge in [0.15, 0.2) is 11.5 Å². The summed E-state index contributed by atoms with van der Waals surface area (Å²) >= 11 is 1.66. The third kappa shape index (κ3) is 3.59. The van der Waals surface area contributed by atoms with Crippen LogP contribution in [0, 0.1) is 0 Å². The fraction of sp³-hybridized carbons (Fsp3) is 0.500. The van der Waals surface area contributed by atoms with Gasteiger partial charge in [0.25, 0.3) is 5.91 Å². The third-order valence-corrected chi connectivity index (χ3v) is 6.53. The lowest BCUT2D eigenvalue weighted by atomic mass is 10.2. The number of benzene rings is 1. The SMILES string of the molecule is O=C([C@@H]1CCCO1)N1CC[NH+](Cc2csc(-c3ccc4c(c3)OCO4)n2)CC1. The normalized spacial score (nSPS) is 22.0. The number of amides is 1. The number of nitrogens with one attached hydrogen (secondary N) is 1. The van der Waals surface area contributed by atoms with E-state index in [0.29, 0.717) is 0 Å². The number of piperazine rings is 1. The van der Waals surface area contributed by atoms with Crippen LogP contribution in [0.25, 0.3) is 10.6 Å². The molecule has 7 nitrogen and oxygen atoms in total. The first-order valence-electron chi connectivity index (χ1n) is 9.85. The molecule has 0 radical (unpaired) electrons. The predicted octanol–water partition coefficient (Wildman–Crippen LogP) is 0.945. The minimum Gasteiger partial charge on any atom is -0.454 e. The van der Waals surface area contributed by atoms with Crippen molar-refractivity contribution >= 4 is 17.2 Å². The first kappa shape index (κ1) is 17.9. The Balaban J connectivity index is 1.17. The highest BCUT2D eigenvalue weighted by Crippen LogP contribution is 2.36. The number of ether oxygens (including phenoxy) is 3. The number of fused-ring (bicyclic) bond motifs is 1. The summed E-state index contributed by atoms with van der Waals surface area (Å²) in [6.07, 6.45) is 1.66. The van der Waals surface area contributed by atoms with Crippen LogP contribution in [0.5, 0.6) is 11.5 Å². The second-order valence-electron chi connectivity index (χ2n) is 7.47. The predicted molar refractivity (Wildman–Crippen MR) is 104 cm³/mol. The largest absolute Gasteiger partial charge is 0.454 e. The summed E-state index contributed by atoms with van der Waals surface area (Å²) in [4.78, 5) is 20.7. The average molecular weight is 402 g/mol. The van der Waals surface area contributed by atoms with Crippen LogP contribution < -0.4 is 14.4 Å². The molecule has 0 saturated carbocycles. The molecule has 0 unspecified atom stereocenters. The second-order valence-corrected chi connectivity index (χ2v) is 8.32. The number of rotatable bonds is 4. The maximum absolute atomic E-state index is 12.5. The molecule has 0 bridgehead atoms. The van der Waals surface area contributed by atoms with E-state index >= 15 is 0 Å². The van der Waals surface area contributed by atoms with Crippen molar-refractivity contribution in [2.45, 2.75) is 25.5 Å². The van der Waals surface area contributed by atoms with Gasteiger partial charge in [-0.15, -0.1) is 11.3 Å². The summed E-state index contributed by atoms with van der Waals surface area (Å²) in [6, 6.07) is 5.96. The fourth-order valence-corrected chi connectivity index (χ4v) is 4.82. The van der Waals surface area contributed by atoms with E-state index < -0.39 is 0 Å². The molecule has 1 N–H and O–H groups in total. The van der Waals surface area contributed by atoms with Crippen LogP contribution in [0.4, 0.5) is 0 Å². The Morgan fingerprint density at radius 2 is 2.11 bits per heavy atom. The molecule has 3 aliphatic heterocycles. The number of thiazole rings is 1. The van der Waals surface area contributed by atoms with Crippen LogP contribution >= 0.6 is 11.3 Å². The van der Waals surface area contributed by atoms with E-state index in [-0.39, 0.29) is 18.8 Å². The molecular formula is C20H24N3O4S+. The first-order chi connectivity index (χ1) is 13.8. The maximum Gasteiger partial charge on any atom is 0.252 e. The molecule has 0 aliphatic carbocycles. The lowest BCUT2D eigenvalue weighted by Crippen LogP contribution is -3.13. The van der Waals surface area contributed by atoms with Crippen LogP contribution in [-0.4, -0.2) is 61.5 Å². The van der Waals surface area contributed by atoms with Gasteiger partial charge in [-0.2, -0.15) is 0 Å². The van der Waals surface area contributed by atoms with Crippen molar-refractivity contribution in [3.05, 3.63) is 29.3 Å². The Hall–Kier alpha value is -2.16. The van der Waals surface area contributed by atoms with E-state index in [1.807, 2.05) is 23.1 Å². The Morgan fingerprint density at radius 1 is 1.25 bits per heavy atom. The van der Waals surface area contributed by atoms with E-state index in [1.54, 1.807) is 11.3 Å². The summed E-state index contributed by atoms with van der Waals surface area (Å²) in [5.74, 6) is 1.75. The van der Waals surface area contributed by atoms with Crippen molar-refractivity contribution in [3.8, 4) is 22.1 Å². The van der Waals surface area contributed by atoms with Crippen molar-refractivity contribution in [1.29, 1.82) is 0 Å². The lowest BCUT2D eigenvalue weighted by molar-refractivity contribution is -0.917. The van der Waals surface area contributed by atoms with Gasteiger partial charge in [-0.3, -0.25) is 4.79 Å². The van der Waals surface area contributed by atoms with Crippen LogP contribution in [0.15, 0.2) is 23.6 Å². The van der Waals surface area contributed by atoms with Gasteiger partial charge in [0.2, 0.25) is 6.79 Å². The minimum atomic E-state index is -0.204. The number of quaternary nitrogens is 1. The highest BCUT2D eigenvalue weighted by molar-refractivity contribution is 7.13. The van der Waals surface area contributed by atoms with Gasteiger partial charge in [0.1, 0.15) is 23.4 Å². The zero-order valence-electron chi connectivity index (χ0n) is 15.7. The summed E-state index contributed by atoms with van der Waals surface area (Å²) in [5, 5.41) is 3.14. The Labute approximate surface area is 167 Å². The van der Waals surface area contributed by atoms with Crippen LogP contribution in [0.1, 0.15) is 18.5 Å². The number of hydrogen-bond donors (Lipinski definition) is 1. The van der Waals surface area contributed by atoms with Gasteiger partial charge >= 0.3 is 0 Å². The molecule has 2 aromatic rings. The van der Waals surface area contributed by atoms with E-state index in [0.717, 1.165) is 79.9 Å². The molecule has 2 fully saturated rings. The summed E-state index contributed by atoms with van der Waals surface area (Å²) in [6.45, 7) is 5.40. The highest BCUT2D eigenvalue weighted by Gasteiger charge is 2.31. The molecule has 3 aliphatic rings. The zero-order valence-corrected chi connectivity index (χ0v) is 16.5. The van der Waals surface area contributed by atoms with Crippen molar-refractivity contribution in [3.63, 3.8) is 0 Å². The standard InChI is InChI=1S/C20H23N3O4S/c24-20(17-2-1-9-25-17)23-7-5-22(6-8-23)11-15-12-28-19(21-15)14-3-4-16-18(10-14)27-13-26-16/h3-4,10,12,17H,1-2,5-9,11,13H2/p+1/t17-/m0/s1. The first-order valence-corrected chi connectivity index (χ1v) is 10.7. The Kier molecular flexibility index (Phi) is 4.92. The zero-order chi connectivity index (χ0) is 18.9. The molecule has 1 aromatic heterocycles. The van der Waals surface area contributed by atoms with Gasteiger partial charge < -0.3 is 24.0 Å². The van der Waals surface area contributed by atoms with Gasteiger partial charge in [0, 0.05) is 17.6 Å². The lowest BCUT2D eigenvalue weighted by Gasteiger charge is -2.33. The topological polar surface area (TPSA) is 65.3 Å². The van der Waals surface area contributed by atoms with Gasteiger partial charge in [0.05, 0.1) is 26.2 Å². The molecule has 4 heterocycles. The molecule has 5 rings (SSSR count).